The predicted octanol–water partition coefficient (Wildman–Crippen LogP) is 2.56. The highest BCUT2D eigenvalue weighted by atomic mass is 32.1. The molecule has 1 aliphatic rings. The lowest BCUT2D eigenvalue weighted by Gasteiger charge is -2.27. The van der Waals surface area contributed by atoms with E-state index >= 15 is 0 Å². The molecule has 0 unspecified atom stereocenters. The fourth-order valence-electron chi connectivity index (χ4n) is 1.60. The van der Waals surface area contributed by atoms with E-state index in [2.05, 4.69) is 0 Å². The first kappa shape index (κ1) is 10.4. The van der Waals surface area contributed by atoms with Crippen LogP contribution in [0.2, 0.25) is 0 Å². The summed E-state index contributed by atoms with van der Waals surface area (Å²) in [5.41, 5.74) is 7.67. The summed E-state index contributed by atoms with van der Waals surface area (Å²) in [6.07, 6.45) is 3.91. The Kier molecular flexibility index (Phi) is 2.91. The first-order chi connectivity index (χ1) is 7.16. The fraction of sp³-hybridized carbons (Fsp3) is 0.417. The van der Waals surface area contributed by atoms with Gasteiger partial charge in [0.1, 0.15) is 10.7 Å². The number of hydrogen-bond donors (Lipinski definition) is 1. The van der Waals surface area contributed by atoms with Gasteiger partial charge in [-0.3, -0.25) is 0 Å². The van der Waals surface area contributed by atoms with Gasteiger partial charge in [0, 0.05) is 0 Å². The van der Waals surface area contributed by atoms with Crippen LogP contribution in [0.25, 0.3) is 0 Å². The maximum absolute atomic E-state index is 5.86. The van der Waals surface area contributed by atoms with Gasteiger partial charge in [0.2, 0.25) is 0 Å². The number of benzene rings is 1. The van der Waals surface area contributed by atoms with E-state index in [1.165, 1.54) is 12.0 Å². The van der Waals surface area contributed by atoms with Crippen LogP contribution in [0.15, 0.2) is 18.2 Å². The Labute approximate surface area is 95.4 Å². The minimum Gasteiger partial charge on any atom is -0.490 e. The van der Waals surface area contributed by atoms with Gasteiger partial charge in [-0.05, 0) is 43.9 Å². The van der Waals surface area contributed by atoms with Crippen LogP contribution in [0, 0.1) is 6.92 Å². The third-order valence-electron chi connectivity index (χ3n) is 2.75. The standard InChI is InChI=1S/C12H15NOS/c1-8-5-6-10(12(13)15)11(7-8)14-9-3-2-4-9/h5-7,9H,2-4H2,1H3,(H2,13,15). The zero-order valence-electron chi connectivity index (χ0n) is 8.82. The summed E-state index contributed by atoms with van der Waals surface area (Å²) in [6, 6.07) is 5.95. The van der Waals surface area contributed by atoms with Crippen molar-refractivity contribution in [2.75, 3.05) is 0 Å². The van der Waals surface area contributed by atoms with Gasteiger partial charge in [0.05, 0.1) is 11.7 Å². The molecular formula is C12H15NOS. The maximum atomic E-state index is 5.86. The van der Waals surface area contributed by atoms with E-state index in [1.54, 1.807) is 0 Å². The molecule has 1 fully saturated rings. The van der Waals surface area contributed by atoms with Crippen molar-refractivity contribution in [3.05, 3.63) is 29.3 Å². The lowest BCUT2D eigenvalue weighted by atomic mass is 9.96. The molecule has 1 saturated carbocycles. The van der Waals surface area contributed by atoms with E-state index in [9.17, 15) is 0 Å². The van der Waals surface area contributed by atoms with Crippen LogP contribution in [0.4, 0.5) is 0 Å². The van der Waals surface area contributed by atoms with Gasteiger partial charge >= 0.3 is 0 Å². The van der Waals surface area contributed by atoms with Crippen LogP contribution < -0.4 is 10.5 Å². The van der Waals surface area contributed by atoms with Gasteiger partial charge < -0.3 is 10.5 Å². The molecule has 0 radical (unpaired) electrons. The molecular weight excluding hydrogens is 206 g/mol. The van der Waals surface area contributed by atoms with E-state index < -0.39 is 0 Å². The summed E-state index contributed by atoms with van der Waals surface area (Å²) in [6.45, 7) is 2.04. The van der Waals surface area contributed by atoms with E-state index in [4.69, 9.17) is 22.7 Å². The molecule has 2 rings (SSSR count). The minimum atomic E-state index is 0.361. The molecule has 0 aliphatic heterocycles. The number of rotatable bonds is 3. The Morgan fingerprint density at radius 3 is 2.73 bits per heavy atom. The summed E-state index contributed by atoms with van der Waals surface area (Å²) in [7, 11) is 0. The minimum absolute atomic E-state index is 0.361. The molecule has 0 saturated heterocycles. The molecule has 15 heavy (non-hydrogen) atoms. The molecule has 2 N–H and O–H groups in total. The topological polar surface area (TPSA) is 35.2 Å². The Bertz CT molecular complexity index is 385. The van der Waals surface area contributed by atoms with Crippen molar-refractivity contribution >= 4 is 17.2 Å². The first-order valence-corrected chi connectivity index (χ1v) is 5.65. The van der Waals surface area contributed by atoms with E-state index in [0.717, 1.165) is 24.2 Å². The zero-order chi connectivity index (χ0) is 10.8. The number of thiocarbonyl (C=S) groups is 1. The van der Waals surface area contributed by atoms with Gasteiger partial charge in [0.25, 0.3) is 0 Å². The average molecular weight is 221 g/mol. The van der Waals surface area contributed by atoms with Gasteiger partial charge in [-0.25, -0.2) is 0 Å². The molecule has 0 amide bonds. The van der Waals surface area contributed by atoms with Gasteiger partial charge in [-0.15, -0.1) is 0 Å². The van der Waals surface area contributed by atoms with Crippen molar-refractivity contribution in [3.8, 4) is 5.75 Å². The number of nitrogens with two attached hydrogens (primary N) is 1. The highest BCUT2D eigenvalue weighted by Gasteiger charge is 2.20. The zero-order valence-corrected chi connectivity index (χ0v) is 9.64. The lowest BCUT2D eigenvalue weighted by Crippen LogP contribution is -2.26. The lowest BCUT2D eigenvalue weighted by molar-refractivity contribution is 0.120. The molecule has 80 valence electrons. The number of ether oxygens (including phenoxy) is 1. The molecule has 2 nitrogen and oxygen atoms in total. The number of aryl methyl sites for hydroxylation is 1. The highest BCUT2D eigenvalue weighted by Crippen LogP contribution is 2.28. The van der Waals surface area contributed by atoms with Crippen LogP contribution in [-0.2, 0) is 0 Å². The van der Waals surface area contributed by atoms with Crippen molar-refractivity contribution in [1.82, 2.24) is 0 Å². The Morgan fingerprint density at radius 1 is 1.47 bits per heavy atom. The van der Waals surface area contributed by atoms with Gasteiger partial charge in [-0.2, -0.15) is 0 Å². The fourth-order valence-corrected chi connectivity index (χ4v) is 1.77. The van der Waals surface area contributed by atoms with E-state index in [-0.39, 0.29) is 0 Å². The Balaban J connectivity index is 2.24. The first-order valence-electron chi connectivity index (χ1n) is 5.24. The molecule has 0 spiro atoms. The number of hydrogen-bond acceptors (Lipinski definition) is 2. The van der Waals surface area contributed by atoms with Crippen LogP contribution in [-0.4, -0.2) is 11.1 Å². The third kappa shape index (κ3) is 2.29. The molecule has 1 aromatic carbocycles. The molecule has 0 bridgehead atoms. The molecule has 0 heterocycles. The summed E-state index contributed by atoms with van der Waals surface area (Å²) < 4.78 is 5.86. The van der Waals surface area contributed by atoms with Crippen molar-refractivity contribution in [3.63, 3.8) is 0 Å². The average Bonchev–Trinajstić information content (AvgIpc) is 2.11. The molecule has 1 aromatic rings. The summed E-state index contributed by atoms with van der Waals surface area (Å²) in [5.74, 6) is 0.840. The van der Waals surface area contributed by atoms with E-state index in [0.29, 0.717) is 11.1 Å². The second kappa shape index (κ2) is 4.19. The summed E-state index contributed by atoms with van der Waals surface area (Å²) >= 11 is 5.00. The maximum Gasteiger partial charge on any atom is 0.130 e. The van der Waals surface area contributed by atoms with Gasteiger partial charge in [0.15, 0.2) is 0 Å². The van der Waals surface area contributed by atoms with Crippen molar-refractivity contribution in [1.29, 1.82) is 0 Å². The monoisotopic (exact) mass is 221 g/mol. The van der Waals surface area contributed by atoms with Crippen LogP contribution in [0.1, 0.15) is 30.4 Å². The second-order valence-electron chi connectivity index (χ2n) is 4.03. The quantitative estimate of drug-likeness (QED) is 0.797. The smallest absolute Gasteiger partial charge is 0.130 e. The normalized spacial score (nSPS) is 15.8. The molecule has 3 heteroatoms. The largest absolute Gasteiger partial charge is 0.490 e. The van der Waals surface area contributed by atoms with Crippen molar-refractivity contribution in [2.45, 2.75) is 32.3 Å². The second-order valence-corrected chi connectivity index (χ2v) is 4.47. The Hall–Kier alpha value is -1.09. The van der Waals surface area contributed by atoms with Crippen LogP contribution >= 0.6 is 12.2 Å². The van der Waals surface area contributed by atoms with Crippen LogP contribution in [0.5, 0.6) is 5.75 Å². The SMILES string of the molecule is Cc1ccc(C(N)=S)c(OC2CCC2)c1. The Morgan fingerprint density at radius 2 is 2.20 bits per heavy atom. The highest BCUT2D eigenvalue weighted by molar-refractivity contribution is 7.80. The molecule has 0 aromatic heterocycles. The van der Waals surface area contributed by atoms with Crippen molar-refractivity contribution < 1.29 is 4.74 Å². The van der Waals surface area contributed by atoms with Crippen LogP contribution in [0.3, 0.4) is 0 Å². The molecule has 0 atom stereocenters. The van der Waals surface area contributed by atoms with Gasteiger partial charge in [-0.1, -0.05) is 18.3 Å². The molecule has 1 aliphatic carbocycles. The van der Waals surface area contributed by atoms with E-state index in [1.807, 2.05) is 25.1 Å². The predicted molar refractivity (Wildman–Crippen MR) is 65.3 cm³/mol. The summed E-state index contributed by atoms with van der Waals surface area (Å²) in [4.78, 5) is 0.407. The van der Waals surface area contributed by atoms with Crippen molar-refractivity contribution in [2.24, 2.45) is 5.73 Å². The summed E-state index contributed by atoms with van der Waals surface area (Å²) in [5, 5.41) is 0. The third-order valence-corrected chi connectivity index (χ3v) is 2.97.